The summed E-state index contributed by atoms with van der Waals surface area (Å²) in [6.45, 7) is 2.74. The zero-order valence-corrected chi connectivity index (χ0v) is 10.9. The van der Waals surface area contributed by atoms with Gasteiger partial charge in [-0.2, -0.15) is 11.8 Å². The third kappa shape index (κ3) is 3.54. The number of para-hydroxylation sites is 2. The van der Waals surface area contributed by atoms with E-state index in [0.29, 0.717) is 6.61 Å². The number of nitrogens with two attached hydrogens (primary N) is 1. The van der Waals surface area contributed by atoms with Crippen LogP contribution in [0.1, 0.15) is 13.3 Å². The van der Waals surface area contributed by atoms with Gasteiger partial charge in [0.2, 0.25) is 0 Å². The van der Waals surface area contributed by atoms with Gasteiger partial charge in [-0.3, -0.25) is 0 Å². The lowest BCUT2D eigenvalue weighted by Gasteiger charge is -2.26. The number of rotatable bonds is 5. The average molecular weight is 253 g/mol. The maximum absolute atomic E-state index is 5.87. The fourth-order valence-corrected chi connectivity index (χ4v) is 2.72. The Morgan fingerprint density at radius 3 is 2.94 bits per heavy atom. The fourth-order valence-electron chi connectivity index (χ4n) is 1.61. The maximum Gasteiger partial charge on any atom is 0.161 e. The van der Waals surface area contributed by atoms with E-state index in [4.69, 9.17) is 15.2 Å². The van der Waals surface area contributed by atoms with Crippen molar-refractivity contribution in [2.75, 3.05) is 18.1 Å². The molecule has 0 aromatic heterocycles. The van der Waals surface area contributed by atoms with Crippen molar-refractivity contribution in [3.8, 4) is 11.5 Å². The van der Waals surface area contributed by atoms with Gasteiger partial charge in [0, 0.05) is 17.5 Å². The minimum Gasteiger partial charge on any atom is -0.486 e. The van der Waals surface area contributed by atoms with Crippen LogP contribution in [0.3, 0.4) is 0 Å². The van der Waals surface area contributed by atoms with Gasteiger partial charge in [0.1, 0.15) is 12.7 Å². The molecule has 1 aliphatic rings. The molecule has 0 amide bonds. The number of hydrogen-bond acceptors (Lipinski definition) is 4. The van der Waals surface area contributed by atoms with Crippen molar-refractivity contribution in [1.29, 1.82) is 0 Å². The summed E-state index contributed by atoms with van der Waals surface area (Å²) in [5.41, 5.74) is 5.87. The van der Waals surface area contributed by atoms with Gasteiger partial charge in [-0.1, -0.05) is 19.1 Å². The van der Waals surface area contributed by atoms with E-state index in [-0.39, 0.29) is 12.1 Å². The Balaban J connectivity index is 1.78. The molecule has 0 spiro atoms. The monoisotopic (exact) mass is 253 g/mol. The van der Waals surface area contributed by atoms with Crippen LogP contribution >= 0.6 is 11.8 Å². The second kappa shape index (κ2) is 6.17. The largest absolute Gasteiger partial charge is 0.486 e. The topological polar surface area (TPSA) is 44.5 Å². The lowest BCUT2D eigenvalue weighted by Crippen LogP contribution is -2.32. The van der Waals surface area contributed by atoms with Gasteiger partial charge in [0.05, 0.1) is 0 Å². The molecule has 0 fully saturated rings. The molecule has 17 heavy (non-hydrogen) atoms. The zero-order chi connectivity index (χ0) is 12.1. The van der Waals surface area contributed by atoms with Crippen molar-refractivity contribution in [2.24, 2.45) is 5.73 Å². The third-order valence-corrected chi connectivity index (χ3v) is 4.00. The summed E-state index contributed by atoms with van der Waals surface area (Å²) >= 11 is 1.84. The molecular weight excluding hydrogens is 234 g/mol. The van der Waals surface area contributed by atoms with Crippen LogP contribution < -0.4 is 15.2 Å². The molecule has 2 unspecified atom stereocenters. The standard InChI is InChI=1S/C13H19NO2S/c1-2-10(14)8-17-9-11-7-15-12-5-3-4-6-13(12)16-11/h3-6,10-11H,2,7-9,14H2,1H3. The number of benzene rings is 1. The van der Waals surface area contributed by atoms with Crippen molar-refractivity contribution in [3.63, 3.8) is 0 Å². The third-order valence-electron chi connectivity index (χ3n) is 2.73. The molecule has 4 heteroatoms. The first-order valence-corrected chi connectivity index (χ1v) is 7.17. The minimum atomic E-state index is 0.138. The first kappa shape index (κ1) is 12.6. The highest BCUT2D eigenvalue weighted by molar-refractivity contribution is 7.99. The number of thioether (sulfide) groups is 1. The predicted molar refractivity (Wildman–Crippen MR) is 71.9 cm³/mol. The maximum atomic E-state index is 5.87. The molecule has 0 bridgehead atoms. The van der Waals surface area contributed by atoms with E-state index in [1.807, 2.05) is 36.0 Å². The van der Waals surface area contributed by atoms with Crippen LogP contribution in [0.25, 0.3) is 0 Å². The minimum absolute atomic E-state index is 0.138. The summed E-state index contributed by atoms with van der Waals surface area (Å²) in [7, 11) is 0. The molecule has 2 N–H and O–H groups in total. The molecule has 0 saturated heterocycles. The normalized spacial score (nSPS) is 20.0. The molecular formula is C13H19NO2S. The molecule has 0 aliphatic carbocycles. The average Bonchev–Trinajstić information content (AvgIpc) is 2.38. The van der Waals surface area contributed by atoms with Crippen molar-refractivity contribution < 1.29 is 9.47 Å². The Bertz CT molecular complexity index is 359. The van der Waals surface area contributed by atoms with Crippen LogP contribution in [0, 0.1) is 0 Å². The predicted octanol–water partition coefficient (Wildman–Crippen LogP) is 2.30. The second-order valence-electron chi connectivity index (χ2n) is 4.20. The molecule has 3 nitrogen and oxygen atoms in total. The van der Waals surface area contributed by atoms with Gasteiger partial charge >= 0.3 is 0 Å². The van der Waals surface area contributed by atoms with Crippen molar-refractivity contribution in [2.45, 2.75) is 25.5 Å². The fraction of sp³-hybridized carbons (Fsp3) is 0.538. The summed E-state index contributed by atoms with van der Waals surface area (Å²) in [6, 6.07) is 8.09. The Labute approximate surface area is 107 Å². The summed E-state index contributed by atoms with van der Waals surface area (Å²) in [5, 5.41) is 0. The van der Waals surface area contributed by atoms with Crippen LogP contribution in [-0.4, -0.2) is 30.3 Å². The number of ether oxygens (including phenoxy) is 2. The van der Waals surface area contributed by atoms with Crippen molar-refractivity contribution in [3.05, 3.63) is 24.3 Å². The molecule has 0 radical (unpaired) electrons. The molecule has 0 saturated carbocycles. The zero-order valence-electron chi connectivity index (χ0n) is 10.1. The van der Waals surface area contributed by atoms with Gasteiger partial charge < -0.3 is 15.2 Å². The van der Waals surface area contributed by atoms with Gasteiger partial charge in [-0.25, -0.2) is 0 Å². The lowest BCUT2D eigenvalue weighted by molar-refractivity contribution is 0.107. The Kier molecular flexibility index (Phi) is 4.57. The number of hydrogen-bond donors (Lipinski definition) is 1. The molecule has 1 aromatic carbocycles. The van der Waals surface area contributed by atoms with E-state index < -0.39 is 0 Å². The van der Waals surface area contributed by atoms with Crippen LogP contribution in [0.5, 0.6) is 11.5 Å². The quantitative estimate of drug-likeness (QED) is 0.874. The first-order valence-electron chi connectivity index (χ1n) is 6.01. The summed E-state index contributed by atoms with van der Waals surface area (Å²) in [5.74, 6) is 3.61. The van der Waals surface area contributed by atoms with Gasteiger partial charge in [-0.05, 0) is 18.6 Å². The van der Waals surface area contributed by atoms with Crippen LogP contribution in [0.15, 0.2) is 24.3 Å². The van der Waals surface area contributed by atoms with E-state index in [0.717, 1.165) is 29.4 Å². The molecule has 1 aliphatic heterocycles. The van der Waals surface area contributed by atoms with Gasteiger partial charge in [0.15, 0.2) is 11.5 Å². The molecule has 2 rings (SSSR count). The van der Waals surface area contributed by atoms with E-state index >= 15 is 0 Å². The van der Waals surface area contributed by atoms with Crippen molar-refractivity contribution >= 4 is 11.8 Å². The van der Waals surface area contributed by atoms with Crippen LogP contribution in [0.2, 0.25) is 0 Å². The van der Waals surface area contributed by atoms with Crippen LogP contribution in [0.4, 0.5) is 0 Å². The van der Waals surface area contributed by atoms with Crippen molar-refractivity contribution in [1.82, 2.24) is 0 Å². The highest BCUT2D eigenvalue weighted by Crippen LogP contribution is 2.31. The molecule has 2 atom stereocenters. The Morgan fingerprint density at radius 1 is 1.41 bits per heavy atom. The van der Waals surface area contributed by atoms with Gasteiger partial charge in [0.25, 0.3) is 0 Å². The second-order valence-corrected chi connectivity index (χ2v) is 5.28. The summed E-state index contributed by atoms with van der Waals surface area (Å²) in [4.78, 5) is 0. The van der Waals surface area contributed by atoms with E-state index in [2.05, 4.69) is 6.92 Å². The highest BCUT2D eigenvalue weighted by atomic mass is 32.2. The molecule has 1 aromatic rings. The highest BCUT2D eigenvalue weighted by Gasteiger charge is 2.20. The van der Waals surface area contributed by atoms with Crippen LogP contribution in [-0.2, 0) is 0 Å². The van der Waals surface area contributed by atoms with E-state index in [1.54, 1.807) is 0 Å². The Hall–Kier alpha value is -0.870. The van der Waals surface area contributed by atoms with E-state index in [1.165, 1.54) is 0 Å². The number of fused-ring (bicyclic) bond motifs is 1. The summed E-state index contributed by atoms with van der Waals surface area (Å²) < 4.78 is 11.5. The first-order chi connectivity index (χ1) is 8.29. The molecule has 94 valence electrons. The summed E-state index contributed by atoms with van der Waals surface area (Å²) in [6.07, 6.45) is 1.16. The van der Waals surface area contributed by atoms with E-state index in [9.17, 15) is 0 Å². The lowest BCUT2D eigenvalue weighted by atomic mass is 10.3. The molecule has 1 heterocycles. The Morgan fingerprint density at radius 2 is 2.18 bits per heavy atom. The smallest absolute Gasteiger partial charge is 0.161 e. The SMILES string of the molecule is CCC(N)CSCC1COc2ccccc2O1. The van der Waals surface area contributed by atoms with Gasteiger partial charge in [-0.15, -0.1) is 0 Å².